The van der Waals surface area contributed by atoms with E-state index in [0.717, 1.165) is 56.9 Å². The van der Waals surface area contributed by atoms with Gasteiger partial charge in [0.2, 0.25) is 12.7 Å². The summed E-state index contributed by atoms with van der Waals surface area (Å²) in [4.78, 5) is 16.5. The monoisotopic (exact) mass is 416 g/mol. The van der Waals surface area contributed by atoms with Crippen molar-refractivity contribution in [1.29, 1.82) is 0 Å². The number of ether oxygens (including phenoxy) is 2. The Morgan fingerprint density at radius 3 is 2.10 bits per heavy atom. The molecule has 5 heteroatoms. The van der Waals surface area contributed by atoms with E-state index in [2.05, 4.69) is 24.1 Å². The molecule has 2 aliphatic heterocycles. The number of piperazine rings is 1. The van der Waals surface area contributed by atoms with E-state index in [1.807, 2.05) is 11.0 Å². The van der Waals surface area contributed by atoms with Crippen molar-refractivity contribution in [3.63, 3.8) is 0 Å². The molecule has 168 valence electrons. The lowest BCUT2D eigenvalue weighted by Gasteiger charge is -2.32. The fourth-order valence-electron chi connectivity index (χ4n) is 4.33. The van der Waals surface area contributed by atoms with Crippen molar-refractivity contribution in [3.05, 3.63) is 23.8 Å². The van der Waals surface area contributed by atoms with Gasteiger partial charge in [-0.05, 0) is 44.0 Å². The summed E-state index contributed by atoms with van der Waals surface area (Å²) in [5.41, 5.74) is 1.35. The molecule has 0 unspecified atom stereocenters. The minimum absolute atomic E-state index is 0.355. The molecular weight excluding hydrogens is 376 g/mol. The first-order valence-corrected chi connectivity index (χ1v) is 12.1. The van der Waals surface area contributed by atoms with Crippen LogP contribution in [0.1, 0.15) is 76.2 Å². The zero-order chi connectivity index (χ0) is 21.0. The Kier molecular flexibility index (Phi) is 9.81. The number of hydrogen-bond acceptors (Lipinski definition) is 4. The van der Waals surface area contributed by atoms with Crippen LogP contribution in [0.2, 0.25) is 0 Å². The molecule has 1 fully saturated rings. The van der Waals surface area contributed by atoms with Crippen LogP contribution in [0.25, 0.3) is 0 Å². The van der Waals surface area contributed by atoms with Gasteiger partial charge in [-0.1, -0.05) is 57.4 Å². The van der Waals surface area contributed by atoms with Crippen molar-refractivity contribution in [2.45, 2.75) is 77.0 Å². The second-order valence-corrected chi connectivity index (χ2v) is 8.91. The van der Waals surface area contributed by atoms with Gasteiger partial charge in [-0.25, -0.2) is 0 Å². The fraction of sp³-hybridized carbons (Fsp3) is 0.720. The predicted octanol–water partition coefficient (Wildman–Crippen LogP) is 5.02. The Labute approximate surface area is 182 Å². The van der Waals surface area contributed by atoms with E-state index in [4.69, 9.17) is 9.47 Å². The lowest BCUT2D eigenvalue weighted by Crippen LogP contribution is -2.47. The predicted molar refractivity (Wildman–Crippen MR) is 121 cm³/mol. The van der Waals surface area contributed by atoms with Crippen LogP contribution in [-0.2, 0) is 11.2 Å². The molecule has 2 heterocycles. The summed E-state index contributed by atoms with van der Waals surface area (Å²) in [6.07, 6.45) is 14.7. The SMILES string of the molecule is CN1CCN(C(=O)CCCCCCCCCCCCc2ccc3c(c2)OCO3)CC1. The Morgan fingerprint density at radius 1 is 0.800 bits per heavy atom. The van der Waals surface area contributed by atoms with Gasteiger partial charge < -0.3 is 19.3 Å². The van der Waals surface area contributed by atoms with Crippen LogP contribution in [0, 0.1) is 0 Å². The summed E-state index contributed by atoms with van der Waals surface area (Å²) < 4.78 is 10.8. The molecular formula is C25H40N2O3. The first-order chi connectivity index (χ1) is 14.7. The van der Waals surface area contributed by atoms with Gasteiger partial charge in [0, 0.05) is 32.6 Å². The van der Waals surface area contributed by atoms with E-state index in [9.17, 15) is 4.79 Å². The zero-order valence-electron chi connectivity index (χ0n) is 18.9. The number of carbonyl (C=O) groups excluding carboxylic acids is 1. The highest BCUT2D eigenvalue weighted by molar-refractivity contribution is 5.76. The van der Waals surface area contributed by atoms with E-state index in [1.165, 1.54) is 63.4 Å². The van der Waals surface area contributed by atoms with Crippen molar-refractivity contribution in [3.8, 4) is 11.5 Å². The van der Waals surface area contributed by atoms with Crippen LogP contribution >= 0.6 is 0 Å². The number of fused-ring (bicyclic) bond motifs is 1. The molecule has 0 bridgehead atoms. The maximum Gasteiger partial charge on any atom is 0.231 e. The molecule has 0 spiro atoms. The molecule has 0 aliphatic carbocycles. The van der Waals surface area contributed by atoms with Gasteiger partial charge in [0.1, 0.15) is 0 Å². The molecule has 0 saturated carbocycles. The first kappa shape index (κ1) is 22.9. The quantitative estimate of drug-likeness (QED) is 0.423. The molecule has 30 heavy (non-hydrogen) atoms. The number of nitrogens with zero attached hydrogens (tertiary/aromatic N) is 2. The van der Waals surface area contributed by atoms with Crippen molar-refractivity contribution in [2.24, 2.45) is 0 Å². The van der Waals surface area contributed by atoms with Crippen molar-refractivity contribution in [2.75, 3.05) is 40.0 Å². The van der Waals surface area contributed by atoms with E-state index in [1.54, 1.807) is 0 Å². The number of unbranched alkanes of at least 4 members (excludes halogenated alkanes) is 9. The average molecular weight is 417 g/mol. The Hall–Kier alpha value is -1.75. The number of carbonyl (C=O) groups is 1. The van der Waals surface area contributed by atoms with Crippen LogP contribution < -0.4 is 9.47 Å². The van der Waals surface area contributed by atoms with Crippen LogP contribution in [0.15, 0.2) is 18.2 Å². The molecule has 5 nitrogen and oxygen atoms in total. The third-order valence-corrected chi connectivity index (χ3v) is 6.40. The maximum atomic E-state index is 12.2. The molecule has 0 atom stereocenters. The second kappa shape index (κ2) is 12.8. The van der Waals surface area contributed by atoms with E-state index >= 15 is 0 Å². The zero-order valence-corrected chi connectivity index (χ0v) is 18.9. The number of rotatable bonds is 13. The first-order valence-electron chi connectivity index (χ1n) is 12.1. The third kappa shape index (κ3) is 7.82. The number of likely N-dealkylation sites (N-methyl/N-ethyl adjacent to an activating group) is 1. The molecule has 2 aliphatic rings. The minimum Gasteiger partial charge on any atom is -0.454 e. The highest BCUT2D eigenvalue weighted by atomic mass is 16.7. The number of aryl methyl sites for hydroxylation is 1. The number of amides is 1. The molecule has 1 amide bonds. The summed E-state index contributed by atoms with van der Waals surface area (Å²) in [6.45, 7) is 4.21. The summed E-state index contributed by atoms with van der Waals surface area (Å²) in [7, 11) is 2.13. The molecule has 1 saturated heterocycles. The normalized spacial score (nSPS) is 16.2. The smallest absolute Gasteiger partial charge is 0.231 e. The van der Waals surface area contributed by atoms with Crippen LogP contribution in [0.4, 0.5) is 0 Å². The second-order valence-electron chi connectivity index (χ2n) is 8.91. The van der Waals surface area contributed by atoms with Gasteiger partial charge in [-0.2, -0.15) is 0 Å². The standard InChI is InChI=1S/C25H40N2O3/c1-26-16-18-27(19-17-26)25(28)13-11-9-7-5-3-2-4-6-8-10-12-22-14-15-23-24(20-22)30-21-29-23/h14-15,20H,2-13,16-19,21H2,1H3. The molecule has 3 rings (SSSR count). The molecule has 0 aromatic heterocycles. The van der Waals surface area contributed by atoms with Crippen molar-refractivity contribution < 1.29 is 14.3 Å². The highest BCUT2D eigenvalue weighted by Crippen LogP contribution is 2.32. The van der Waals surface area contributed by atoms with Crippen LogP contribution in [0.5, 0.6) is 11.5 Å². The summed E-state index contributed by atoms with van der Waals surface area (Å²) in [5.74, 6) is 2.14. The summed E-state index contributed by atoms with van der Waals surface area (Å²) in [5, 5.41) is 0. The third-order valence-electron chi connectivity index (χ3n) is 6.40. The van der Waals surface area contributed by atoms with Gasteiger partial charge >= 0.3 is 0 Å². The summed E-state index contributed by atoms with van der Waals surface area (Å²) >= 11 is 0. The molecule has 1 aromatic rings. The fourth-order valence-corrected chi connectivity index (χ4v) is 4.33. The number of benzene rings is 1. The van der Waals surface area contributed by atoms with Gasteiger partial charge in [0.15, 0.2) is 11.5 Å². The maximum absolute atomic E-state index is 12.2. The Bertz CT molecular complexity index is 641. The lowest BCUT2D eigenvalue weighted by molar-refractivity contribution is -0.132. The molecule has 0 radical (unpaired) electrons. The van der Waals surface area contributed by atoms with E-state index < -0.39 is 0 Å². The Morgan fingerprint density at radius 2 is 1.40 bits per heavy atom. The van der Waals surface area contributed by atoms with E-state index in [0.29, 0.717) is 12.7 Å². The van der Waals surface area contributed by atoms with Crippen molar-refractivity contribution >= 4 is 5.91 Å². The van der Waals surface area contributed by atoms with Crippen molar-refractivity contribution in [1.82, 2.24) is 9.80 Å². The van der Waals surface area contributed by atoms with Gasteiger partial charge in [-0.3, -0.25) is 4.79 Å². The lowest BCUT2D eigenvalue weighted by atomic mass is 10.0. The van der Waals surface area contributed by atoms with Crippen LogP contribution in [-0.4, -0.2) is 55.7 Å². The molecule has 0 N–H and O–H groups in total. The van der Waals surface area contributed by atoms with Gasteiger partial charge in [-0.15, -0.1) is 0 Å². The van der Waals surface area contributed by atoms with Crippen LogP contribution in [0.3, 0.4) is 0 Å². The number of hydrogen-bond donors (Lipinski definition) is 0. The highest BCUT2D eigenvalue weighted by Gasteiger charge is 2.18. The minimum atomic E-state index is 0.355. The van der Waals surface area contributed by atoms with Gasteiger partial charge in [0.05, 0.1) is 0 Å². The summed E-state index contributed by atoms with van der Waals surface area (Å²) in [6, 6.07) is 6.31. The van der Waals surface area contributed by atoms with Gasteiger partial charge in [0.25, 0.3) is 0 Å². The largest absolute Gasteiger partial charge is 0.454 e. The topological polar surface area (TPSA) is 42.0 Å². The average Bonchev–Trinajstić information content (AvgIpc) is 3.22. The molecule has 1 aromatic carbocycles. The Balaban J connectivity index is 1.09. The van der Waals surface area contributed by atoms with E-state index in [-0.39, 0.29) is 0 Å².